The number of benzene rings is 3. The van der Waals surface area contributed by atoms with Crippen LogP contribution in [0.4, 0.5) is 0 Å². The second-order valence-corrected chi connectivity index (χ2v) is 10.3. The summed E-state index contributed by atoms with van der Waals surface area (Å²) in [6.07, 6.45) is 5.87. The lowest BCUT2D eigenvalue weighted by atomic mass is 9.84. The van der Waals surface area contributed by atoms with Crippen molar-refractivity contribution in [3.63, 3.8) is 0 Å². The van der Waals surface area contributed by atoms with Gasteiger partial charge in [0.15, 0.2) is 0 Å². The maximum Gasteiger partial charge on any atom is 0.251 e. The van der Waals surface area contributed by atoms with E-state index in [4.69, 9.17) is 4.74 Å². The van der Waals surface area contributed by atoms with Crippen LogP contribution in [0.5, 0.6) is 5.75 Å². The van der Waals surface area contributed by atoms with Gasteiger partial charge >= 0.3 is 0 Å². The van der Waals surface area contributed by atoms with E-state index in [1.165, 1.54) is 35.1 Å². The van der Waals surface area contributed by atoms with E-state index in [1.54, 1.807) is 5.57 Å². The fourth-order valence-corrected chi connectivity index (χ4v) is 6.40. The first-order valence-electron chi connectivity index (χ1n) is 13.4. The zero-order chi connectivity index (χ0) is 24.5. The average Bonchev–Trinajstić information content (AvgIpc) is 3.06. The van der Waals surface area contributed by atoms with Crippen LogP contribution in [-0.2, 0) is 13.0 Å². The Bertz CT molecular complexity index is 1290. The van der Waals surface area contributed by atoms with Crippen molar-refractivity contribution in [1.82, 2.24) is 10.2 Å². The summed E-state index contributed by atoms with van der Waals surface area (Å²) in [7, 11) is 0. The van der Waals surface area contributed by atoms with Crippen LogP contribution in [0.25, 0.3) is 5.57 Å². The van der Waals surface area contributed by atoms with Crippen molar-refractivity contribution in [2.24, 2.45) is 0 Å². The number of nitrogens with one attached hydrogen (secondary N) is 1. The Morgan fingerprint density at radius 3 is 2.43 bits per heavy atom. The summed E-state index contributed by atoms with van der Waals surface area (Å²) < 4.78 is 6.32. The third-order valence-electron chi connectivity index (χ3n) is 8.11. The Kier molecular flexibility index (Phi) is 7.68. The summed E-state index contributed by atoms with van der Waals surface area (Å²) in [6.45, 7) is 4.21. The molecule has 37 heavy (non-hydrogen) atoms. The lowest BCUT2D eigenvalue weighted by Gasteiger charge is -2.37. The Labute approximate surface area is 226 Å². The molecular formula is C32H35ClN2O2. The van der Waals surface area contributed by atoms with E-state index in [9.17, 15) is 4.79 Å². The molecule has 3 aliphatic heterocycles. The first-order valence-corrected chi connectivity index (χ1v) is 13.4. The lowest BCUT2D eigenvalue weighted by Crippen LogP contribution is -2.41. The van der Waals surface area contributed by atoms with Gasteiger partial charge in [0, 0.05) is 36.3 Å². The number of fused-ring (bicyclic) bond motifs is 4. The van der Waals surface area contributed by atoms with Crippen molar-refractivity contribution < 1.29 is 9.53 Å². The first-order chi connectivity index (χ1) is 17.7. The zero-order valence-corrected chi connectivity index (χ0v) is 22.2. The molecular weight excluding hydrogens is 480 g/mol. The second-order valence-electron chi connectivity index (χ2n) is 10.3. The van der Waals surface area contributed by atoms with Crippen molar-refractivity contribution >= 4 is 23.9 Å². The van der Waals surface area contributed by atoms with Crippen LogP contribution in [0.1, 0.15) is 65.2 Å². The Balaban J connectivity index is 0.00000280. The van der Waals surface area contributed by atoms with Crippen LogP contribution in [0.2, 0.25) is 0 Å². The van der Waals surface area contributed by atoms with Gasteiger partial charge in [-0.3, -0.25) is 9.69 Å². The summed E-state index contributed by atoms with van der Waals surface area (Å²) in [5.74, 6) is 0.765. The number of hydrogen-bond donors (Lipinski definition) is 1. The Morgan fingerprint density at radius 2 is 1.68 bits per heavy atom. The van der Waals surface area contributed by atoms with Gasteiger partial charge in [-0.1, -0.05) is 60.2 Å². The molecule has 2 fully saturated rings. The molecule has 3 aliphatic rings. The molecule has 1 amide bonds. The minimum Gasteiger partial charge on any atom is -0.488 e. The summed E-state index contributed by atoms with van der Waals surface area (Å²) in [5, 5.41) is 2.91. The van der Waals surface area contributed by atoms with Crippen LogP contribution in [0.3, 0.4) is 0 Å². The maximum absolute atomic E-state index is 12.5. The van der Waals surface area contributed by atoms with Crippen molar-refractivity contribution in [3.8, 4) is 5.75 Å². The summed E-state index contributed by atoms with van der Waals surface area (Å²) >= 11 is 0. The smallest absolute Gasteiger partial charge is 0.251 e. The number of piperidine rings is 1. The van der Waals surface area contributed by atoms with Gasteiger partial charge in [-0.05, 0) is 79.5 Å². The normalized spacial score (nSPS) is 20.2. The highest BCUT2D eigenvalue weighted by molar-refractivity contribution is 5.96. The van der Waals surface area contributed by atoms with Crippen LogP contribution in [-0.4, -0.2) is 36.0 Å². The molecule has 0 spiro atoms. The number of carbonyl (C=O) groups is 1. The molecule has 3 aromatic carbocycles. The highest BCUT2D eigenvalue weighted by Gasteiger charge is 2.39. The molecule has 0 saturated carbocycles. The molecule has 3 aromatic rings. The quantitative estimate of drug-likeness (QED) is 0.427. The van der Waals surface area contributed by atoms with Crippen molar-refractivity contribution in [2.45, 2.75) is 57.7 Å². The fraction of sp³-hybridized carbons (Fsp3) is 0.344. The van der Waals surface area contributed by atoms with Gasteiger partial charge in [0.25, 0.3) is 5.91 Å². The molecule has 2 saturated heterocycles. The standard InChI is InChI=1S/C32H34N2O2.ClH/c1-2-33-32(35)23-12-15-29-30(20-23)36-21-24-10-6-7-11-28(24)31(29)25-18-26-13-14-27(19-25)34(26)17-16-22-8-4-3-5-9-22;/h3-12,15,20,26-27H,2,13-14,16-19,21H2,1H3,(H,33,35);1H. The minimum atomic E-state index is -0.0513. The highest BCUT2D eigenvalue weighted by Crippen LogP contribution is 2.46. The number of hydrogen-bond acceptors (Lipinski definition) is 3. The maximum atomic E-state index is 12.5. The van der Waals surface area contributed by atoms with E-state index in [1.807, 2.05) is 19.1 Å². The van der Waals surface area contributed by atoms with E-state index >= 15 is 0 Å². The number of halogens is 1. The van der Waals surface area contributed by atoms with Gasteiger partial charge in [-0.15, -0.1) is 12.4 Å². The van der Waals surface area contributed by atoms with Crippen LogP contribution >= 0.6 is 12.4 Å². The first kappa shape index (κ1) is 25.6. The molecule has 2 unspecified atom stereocenters. The topological polar surface area (TPSA) is 41.6 Å². The molecule has 1 N–H and O–H groups in total. The van der Waals surface area contributed by atoms with Crippen molar-refractivity contribution in [3.05, 3.63) is 106 Å². The molecule has 192 valence electrons. The van der Waals surface area contributed by atoms with Crippen LogP contribution < -0.4 is 10.1 Å². The molecule has 5 heteroatoms. The van der Waals surface area contributed by atoms with E-state index in [-0.39, 0.29) is 18.3 Å². The minimum absolute atomic E-state index is 0. The molecule has 2 bridgehead atoms. The SMILES string of the molecule is CCNC(=O)c1ccc2c(c1)OCc1ccccc1C2=C1CC2CCC(C1)N2CCc1ccccc1.Cl. The van der Waals surface area contributed by atoms with Crippen molar-refractivity contribution in [2.75, 3.05) is 13.1 Å². The van der Waals surface area contributed by atoms with Gasteiger partial charge in [-0.2, -0.15) is 0 Å². The number of carbonyl (C=O) groups excluding carboxylic acids is 1. The molecule has 0 radical (unpaired) electrons. The van der Waals surface area contributed by atoms with E-state index in [2.05, 4.69) is 70.9 Å². The van der Waals surface area contributed by atoms with Gasteiger partial charge in [0.1, 0.15) is 12.4 Å². The highest BCUT2D eigenvalue weighted by atomic mass is 35.5. The molecule has 4 nitrogen and oxygen atoms in total. The monoisotopic (exact) mass is 514 g/mol. The van der Waals surface area contributed by atoms with E-state index in [0.29, 0.717) is 30.8 Å². The Morgan fingerprint density at radius 1 is 0.946 bits per heavy atom. The summed E-state index contributed by atoms with van der Waals surface area (Å²) in [4.78, 5) is 15.3. The van der Waals surface area contributed by atoms with E-state index in [0.717, 1.165) is 37.1 Å². The molecule has 0 aromatic heterocycles. The molecule has 6 rings (SSSR count). The van der Waals surface area contributed by atoms with E-state index < -0.39 is 0 Å². The number of amides is 1. The average molecular weight is 515 g/mol. The van der Waals surface area contributed by atoms with Crippen molar-refractivity contribution in [1.29, 1.82) is 0 Å². The van der Waals surface area contributed by atoms with Crippen LogP contribution in [0, 0.1) is 0 Å². The van der Waals surface area contributed by atoms with Gasteiger partial charge in [-0.25, -0.2) is 0 Å². The second kappa shape index (κ2) is 11.1. The zero-order valence-electron chi connectivity index (χ0n) is 21.4. The molecule has 2 atom stereocenters. The fourth-order valence-electron chi connectivity index (χ4n) is 6.40. The van der Waals surface area contributed by atoms with Gasteiger partial charge in [0.2, 0.25) is 0 Å². The third-order valence-corrected chi connectivity index (χ3v) is 8.11. The number of rotatable bonds is 5. The van der Waals surface area contributed by atoms with Gasteiger partial charge < -0.3 is 10.1 Å². The number of ether oxygens (including phenoxy) is 1. The predicted octanol–water partition coefficient (Wildman–Crippen LogP) is 6.42. The largest absolute Gasteiger partial charge is 0.488 e. The van der Waals surface area contributed by atoms with Crippen LogP contribution in [0.15, 0.2) is 78.4 Å². The molecule has 3 heterocycles. The third kappa shape index (κ3) is 5.05. The Hall–Kier alpha value is -3.08. The summed E-state index contributed by atoms with van der Waals surface area (Å²) in [5.41, 5.74) is 8.59. The molecule has 0 aliphatic carbocycles. The lowest BCUT2D eigenvalue weighted by molar-refractivity contribution is 0.0955. The van der Waals surface area contributed by atoms with Gasteiger partial charge in [0.05, 0.1) is 0 Å². The predicted molar refractivity (Wildman–Crippen MR) is 151 cm³/mol. The summed E-state index contributed by atoms with van der Waals surface area (Å²) in [6, 6.07) is 26.7. The number of nitrogens with zero attached hydrogens (tertiary/aromatic N) is 1.